The Labute approximate surface area is 154 Å². The monoisotopic (exact) mass is 393 g/mol. The van der Waals surface area contributed by atoms with E-state index in [4.69, 9.17) is 39.5 Å². The zero-order chi connectivity index (χ0) is 16.8. The smallest absolute Gasteiger partial charge is 0.262 e. The Balaban J connectivity index is 1.94. The van der Waals surface area contributed by atoms with Gasteiger partial charge in [0.2, 0.25) is 0 Å². The summed E-state index contributed by atoms with van der Waals surface area (Å²) in [6, 6.07) is 3.46. The van der Waals surface area contributed by atoms with E-state index in [1.165, 1.54) is 11.3 Å². The molecule has 0 unspecified atom stereocenters. The number of benzene rings is 1. The number of unbranched alkanes of at least 4 members (excludes halogenated alkanes) is 1. The number of nitrogens with one attached hydrogen (secondary N) is 1. The van der Waals surface area contributed by atoms with Gasteiger partial charge in [-0.1, -0.05) is 54.2 Å². The van der Waals surface area contributed by atoms with Gasteiger partial charge >= 0.3 is 0 Å². The third-order valence-corrected chi connectivity index (χ3v) is 5.93. The molecule has 126 valence electrons. The fraction of sp³-hybridized carbons (Fsp3) is 0.438. The molecular weight excluding hydrogens is 377 g/mol. The number of ether oxygens (including phenoxy) is 1. The maximum absolute atomic E-state index is 12.3. The SMILES string of the molecule is CCCCOCCCNC(=O)c1sc2c(Cl)c(Cl)ccc2c1Cl. The lowest BCUT2D eigenvalue weighted by molar-refractivity contribution is 0.0944. The zero-order valence-corrected chi connectivity index (χ0v) is 15.8. The number of halogens is 3. The van der Waals surface area contributed by atoms with E-state index in [1.54, 1.807) is 12.1 Å². The van der Waals surface area contributed by atoms with Crippen LogP contribution in [0.25, 0.3) is 10.1 Å². The quantitative estimate of drug-likeness (QED) is 0.575. The van der Waals surface area contributed by atoms with E-state index in [-0.39, 0.29) is 5.91 Å². The molecule has 2 rings (SSSR count). The number of carbonyl (C=O) groups excluding carboxylic acids is 1. The van der Waals surface area contributed by atoms with Crippen molar-refractivity contribution < 1.29 is 9.53 Å². The maximum atomic E-state index is 12.3. The lowest BCUT2D eigenvalue weighted by Crippen LogP contribution is -2.24. The molecule has 1 amide bonds. The average Bonchev–Trinajstić information content (AvgIpc) is 2.88. The van der Waals surface area contributed by atoms with Crippen LogP contribution < -0.4 is 5.32 Å². The molecule has 2 aromatic rings. The molecule has 1 aromatic heterocycles. The molecule has 0 atom stereocenters. The molecule has 0 fully saturated rings. The lowest BCUT2D eigenvalue weighted by Gasteiger charge is -2.05. The lowest BCUT2D eigenvalue weighted by atomic mass is 10.2. The number of hydrogen-bond acceptors (Lipinski definition) is 3. The molecule has 0 saturated carbocycles. The Hall–Kier alpha value is -0.520. The Morgan fingerprint density at radius 2 is 1.91 bits per heavy atom. The minimum Gasteiger partial charge on any atom is -0.381 e. The van der Waals surface area contributed by atoms with Crippen LogP contribution in [0, 0.1) is 0 Å². The van der Waals surface area contributed by atoms with Crippen LogP contribution >= 0.6 is 46.1 Å². The minimum absolute atomic E-state index is 0.197. The van der Waals surface area contributed by atoms with Crippen molar-refractivity contribution in [3.05, 3.63) is 32.1 Å². The van der Waals surface area contributed by atoms with Gasteiger partial charge in [0.05, 0.1) is 19.8 Å². The summed E-state index contributed by atoms with van der Waals surface area (Å²) < 4.78 is 6.19. The van der Waals surface area contributed by atoms with Crippen molar-refractivity contribution in [2.75, 3.05) is 19.8 Å². The largest absolute Gasteiger partial charge is 0.381 e. The molecule has 1 heterocycles. The van der Waals surface area contributed by atoms with Gasteiger partial charge in [0.25, 0.3) is 5.91 Å². The van der Waals surface area contributed by atoms with Crippen LogP contribution in [-0.4, -0.2) is 25.7 Å². The first-order valence-corrected chi connectivity index (χ1v) is 9.43. The number of amides is 1. The summed E-state index contributed by atoms with van der Waals surface area (Å²) in [7, 11) is 0. The van der Waals surface area contributed by atoms with E-state index in [0.717, 1.165) is 36.0 Å². The van der Waals surface area contributed by atoms with E-state index in [2.05, 4.69) is 12.2 Å². The Kier molecular flexibility index (Phi) is 7.44. The first-order chi connectivity index (χ1) is 11.1. The van der Waals surface area contributed by atoms with Crippen LogP contribution in [0.2, 0.25) is 15.1 Å². The predicted molar refractivity (Wildman–Crippen MR) is 99.5 cm³/mol. The van der Waals surface area contributed by atoms with Gasteiger partial charge in [0.1, 0.15) is 4.88 Å². The minimum atomic E-state index is -0.197. The molecule has 0 aliphatic rings. The Morgan fingerprint density at radius 1 is 1.17 bits per heavy atom. The highest BCUT2D eigenvalue weighted by molar-refractivity contribution is 7.22. The molecule has 1 N–H and O–H groups in total. The van der Waals surface area contributed by atoms with E-state index >= 15 is 0 Å². The molecule has 0 aliphatic heterocycles. The molecule has 0 radical (unpaired) electrons. The van der Waals surface area contributed by atoms with Crippen molar-refractivity contribution in [3.63, 3.8) is 0 Å². The van der Waals surface area contributed by atoms with Crippen LogP contribution in [-0.2, 0) is 4.74 Å². The van der Waals surface area contributed by atoms with Crippen LogP contribution in [0.1, 0.15) is 35.9 Å². The summed E-state index contributed by atoms with van der Waals surface area (Å²) in [4.78, 5) is 12.7. The molecule has 7 heteroatoms. The molecule has 1 aromatic carbocycles. The fourth-order valence-electron chi connectivity index (χ4n) is 2.02. The van der Waals surface area contributed by atoms with E-state index in [1.807, 2.05) is 0 Å². The van der Waals surface area contributed by atoms with Crippen molar-refractivity contribution in [1.29, 1.82) is 0 Å². The van der Waals surface area contributed by atoms with Crippen molar-refractivity contribution >= 4 is 62.1 Å². The summed E-state index contributed by atoms with van der Waals surface area (Å²) in [6.07, 6.45) is 2.95. The van der Waals surface area contributed by atoms with Gasteiger partial charge in [-0.3, -0.25) is 4.79 Å². The number of rotatable bonds is 8. The summed E-state index contributed by atoms with van der Waals surface area (Å²) in [5.41, 5.74) is 0. The third-order valence-electron chi connectivity index (χ3n) is 3.29. The normalized spacial score (nSPS) is 11.1. The second kappa shape index (κ2) is 9.09. The van der Waals surface area contributed by atoms with Crippen LogP contribution in [0.5, 0.6) is 0 Å². The first kappa shape index (κ1) is 18.8. The van der Waals surface area contributed by atoms with Crippen LogP contribution in [0.15, 0.2) is 12.1 Å². The Morgan fingerprint density at radius 3 is 2.65 bits per heavy atom. The second-order valence-electron chi connectivity index (χ2n) is 5.06. The highest BCUT2D eigenvalue weighted by Crippen LogP contribution is 2.41. The molecule has 23 heavy (non-hydrogen) atoms. The van der Waals surface area contributed by atoms with Crippen LogP contribution in [0.4, 0.5) is 0 Å². The topological polar surface area (TPSA) is 38.3 Å². The van der Waals surface area contributed by atoms with Gasteiger partial charge in [-0.05, 0) is 18.9 Å². The van der Waals surface area contributed by atoms with Gasteiger partial charge in [-0.15, -0.1) is 11.3 Å². The molecule has 0 saturated heterocycles. The average molecular weight is 395 g/mol. The summed E-state index contributed by atoms with van der Waals surface area (Å²) >= 11 is 19.7. The number of thiophene rings is 1. The summed E-state index contributed by atoms with van der Waals surface area (Å²) in [6.45, 7) is 4.08. The van der Waals surface area contributed by atoms with Crippen molar-refractivity contribution in [1.82, 2.24) is 5.32 Å². The molecule has 0 spiro atoms. The van der Waals surface area contributed by atoms with Crippen molar-refractivity contribution in [3.8, 4) is 0 Å². The highest BCUT2D eigenvalue weighted by atomic mass is 35.5. The second-order valence-corrected chi connectivity index (χ2v) is 7.24. The van der Waals surface area contributed by atoms with Gasteiger partial charge in [-0.25, -0.2) is 0 Å². The van der Waals surface area contributed by atoms with E-state index in [9.17, 15) is 4.79 Å². The molecule has 0 aliphatic carbocycles. The fourth-order valence-corrected chi connectivity index (χ4v) is 3.98. The van der Waals surface area contributed by atoms with Crippen molar-refractivity contribution in [2.45, 2.75) is 26.2 Å². The number of fused-ring (bicyclic) bond motifs is 1. The van der Waals surface area contributed by atoms with Gasteiger partial charge < -0.3 is 10.1 Å². The van der Waals surface area contributed by atoms with E-state index in [0.29, 0.717) is 33.1 Å². The van der Waals surface area contributed by atoms with E-state index < -0.39 is 0 Å². The molecule has 0 bridgehead atoms. The number of hydrogen-bond donors (Lipinski definition) is 1. The summed E-state index contributed by atoms with van der Waals surface area (Å²) in [5, 5.41) is 4.90. The third kappa shape index (κ3) is 4.74. The highest BCUT2D eigenvalue weighted by Gasteiger charge is 2.19. The standard InChI is InChI=1S/C16H18Cl3NO2S/c1-2-3-8-22-9-4-7-20-16(21)15-12(18)10-5-6-11(17)13(19)14(10)23-15/h5-6H,2-4,7-9H2,1H3,(H,20,21). The molecule has 3 nitrogen and oxygen atoms in total. The zero-order valence-electron chi connectivity index (χ0n) is 12.8. The maximum Gasteiger partial charge on any atom is 0.262 e. The van der Waals surface area contributed by atoms with Crippen LogP contribution in [0.3, 0.4) is 0 Å². The Bertz CT molecular complexity index is 688. The van der Waals surface area contributed by atoms with Gasteiger partial charge in [-0.2, -0.15) is 0 Å². The van der Waals surface area contributed by atoms with Crippen molar-refractivity contribution in [2.24, 2.45) is 0 Å². The van der Waals surface area contributed by atoms with Gasteiger partial charge in [0, 0.05) is 25.1 Å². The first-order valence-electron chi connectivity index (χ1n) is 7.48. The predicted octanol–water partition coefficient (Wildman–Crippen LogP) is 5.80. The summed E-state index contributed by atoms with van der Waals surface area (Å²) in [5.74, 6) is -0.197. The number of carbonyl (C=O) groups is 1. The molecular formula is C16H18Cl3NO2S. The van der Waals surface area contributed by atoms with Gasteiger partial charge in [0.15, 0.2) is 0 Å².